The molecule has 1 N–H and O–H groups in total. The van der Waals surface area contributed by atoms with E-state index in [1.807, 2.05) is 13.8 Å². The zero-order valence-electron chi connectivity index (χ0n) is 17.1. The number of nitrogens with zero attached hydrogens (tertiary/aromatic N) is 1. The van der Waals surface area contributed by atoms with E-state index in [1.165, 1.54) is 6.07 Å². The first-order valence-electron chi connectivity index (χ1n) is 9.59. The Labute approximate surface area is 177 Å². The molecule has 1 aliphatic heterocycles. The van der Waals surface area contributed by atoms with Crippen LogP contribution in [0.1, 0.15) is 34.3 Å². The van der Waals surface area contributed by atoms with Crippen molar-refractivity contribution in [3.05, 3.63) is 93.9 Å². The number of carbonyl (C=O) groups is 2. The Kier molecular flexibility index (Phi) is 4.97. The number of carbonyl (C=O) groups excluding carboxylic acids is 2. The molecular weight excluding hydrogens is 404 g/mol. The Bertz CT molecular complexity index is 1260. The molecule has 0 spiro atoms. The minimum Gasteiger partial charge on any atom is -0.507 e. The summed E-state index contributed by atoms with van der Waals surface area (Å²) < 4.78 is 34.1. The molecule has 2 heterocycles. The van der Waals surface area contributed by atoms with Gasteiger partial charge in [0.25, 0.3) is 11.7 Å². The molecule has 4 rings (SSSR count). The third-order valence-electron chi connectivity index (χ3n) is 5.42. The Morgan fingerprint density at radius 1 is 0.968 bits per heavy atom. The van der Waals surface area contributed by atoms with Gasteiger partial charge >= 0.3 is 0 Å². The maximum Gasteiger partial charge on any atom is 0.300 e. The number of halogens is 2. The van der Waals surface area contributed by atoms with Crippen molar-refractivity contribution < 1.29 is 27.9 Å². The van der Waals surface area contributed by atoms with Crippen LogP contribution < -0.4 is 4.90 Å². The SMILES string of the molecule is Cc1ccc(C2/C(=C(/O)c3ccc(C)c(C)c3)C(=O)C(=O)N2c2cc(F)ccc2F)o1. The lowest BCUT2D eigenvalue weighted by Crippen LogP contribution is -2.30. The second kappa shape index (κ2) is 7.50. The minimum atomic E-state index is -1.26. The van der Waals surface area contributed by atoms with Gasteiger partial charge in [0.15, 0.2) is 0 Å². The summed E-state index contributed by atoms with van der Waals surface area (Å²) in [5, 5.41) is 11.0. The van der Waals surface area contributed by atoms with Crippen LogP contribution >= 0.6 is 0 Å². The van der Waals surface area contributed by atoms with Gasteiger partial charge in [-0.1, -0.05) is 12.1 Å². The van der Waals surface area contributed by atoms with Gasteiger partial charge in [-0.25, -0.2) is 8.78 Å². The molecule has 1 saturated heterocycles. The summed E-state index contributed by atoms with van der Waals surface area (Å²) in [6.07, 6.45) is 0. The van der Waals surface area contributed by atoms with E-state index in [2.05, 4.69) is 0 Å². The number of furan rings is 1. The smallest absolute Gasteiger partial charge is 0.300 e. The molecule has 31 heavy (non-hydrogen) atoms. The molecule has 1 fully saturated rings. The van der Waals surface area contributed by atoms with E-state index in [9.17, 15) is 23.5 Å². The molecular formula is C24H19F2NO4. The number of aliphatic hydroxyl groups is 1. The fourth-order valence-electron chi connectivity index (χ4n) is 3.67. The Morgan fingerprint density at radius 2 is 1.71 bits per heavy atom. The van der Waals surface area contributed by atoms with Gasteiger partial charge in [0.2, 0.25) is 0 Å². The molecule has 1 aliphatic rings. The van der Waals surface area contributed by atoms with Gasteiger partial charge in [-0.2, -0.15) is 0 Å². The fourth-order valence-corrected chi connectivity index (χ4v) is 3.67. The number of aliphatic hydroxyl groups excluding tert-OH is 1. The van der Waals surface area contributed by atoms with Gasteiger partial charge in [-0.05, 0) is 62.2 Å². The number of amides is 1. The van der Waals surface area contributed by atoms with E-state index in [-0.39, 0.29) is 11.3 Å². The van der Waals surface area contributed by atoms with Gasteiger partial charge in [-0.15, -0.1) is 0 Å². The zero-order chi connectivity index (χ0) is 22.4. The summed E-state index contributed by atoms with van der Waals surface area (Å²) in [6, 6.07) is 9.60. The van der Waals surface area contributed by atoms with Gasteiger partial charge in [0, 0.05) is 11.6 Å². The molecule has 0 saturated carbocycles. The van der Waals surface area contributed by atoms with Crippen LogP contribution in [0.5, 0.6) is 0 Å². The summed E-state index contributed by atoms with van der Waals surface area (Å²) in [5.74, 6) is -3.55. The standard InChI is InChI=1S/C24H19F2NO4/c1-12-4-6-15(10-13(12)2)22(28)20-21(19-9-5-14(3)31-19)27(24(30)23(20)29)18-11-16(25)7-8-17(18)26/h4-11,21,28H,1-3H3/b22-20-. The lowest BCUT2D eigenvalue weighted by molar-refractivity contribution is -0.132. The van der Waals surface area contributed by atoms with Crippen molar-refractivity contribution >= 4 is 23.1 Å². The second-order valence-corrected chi connectivity index (χ2v) is 7.51. The van der Waals surface area contributed by atoms with Crippen molar-refractivity contribution in [2.45, 2.75) is 26.8 Å². The van der Waals surface area contributed by atoms with Crippen molar-refractivity contribution in [2.24, 2.45) is 0 Å². The summed E-state index contributed by atoms with van der Waals surface area (Å²) in [5.41, 5.74) is 1.51. The van der Waals surface area contributed by atoms with E-state index in [1.54, 1.807) is 31.2 Å². The normalized spacial score (nSPS) is 18.1. The lowest BCUT2D eigenvalue weighted by atomic mass is 9.97. The molecule has 1 aromatic heterocycles. The number of aryl methyl sites for hydroxylation is 3. The Morgan fingerprint density at radius 3 is 2.35 bits per heavy atom. The molecule has 0 aliphatic carbocycles. The third-order valence-corrected chi connectivity index (χ3v) is 5.42. The summed E-state index contributed by atoms with van der Waals surface area (Å²) in [4.78, 5) is 26.7. The van der Waals surface area contributed by atoms with Crippen LogP contribution in [0.4, 0.5) is 14.5 Å². The number of benzene rings is 2. The number of hydrogen-bond donors (Lipinski definition) is 1. The van der Waals surface area contributed by atoms with Crippen LogP contribution in [0.2, 0.25) is 0 Å². The predicted octanol–water partition coefficient (Wildman–Crippen LogP) is 5.11. The highest BCUT2D eigenvalue weighted by Crippen LogP contribution is 2.43. The highest BCUT2D eigenvalue weighted by molar-refractivity contribution is 6.51. The van der Waals surface area contributed by atoms with E-state index in [0.29, 0.717) is 11.3 Å². The molecule has 158 valence electrons. The van der Waals surface area contributed by atoms with Crippen LogP contribution in [0.15, 0.2) is 58.5 Å². The number of ketones is 1. The van der Waals surface area contributed by atoms with E-state index < -0.39 is 40.8 Å². The molecule has 1 atom stereocenters. The van der Waals surface area contributed by atoms with Gasteiger partial charge in [0.1, 0.15) is 35.0 Å². The molecule has 7 heteroatoms. The number of Topliss-reactive ketones (excluding diaryl/α,β-unsaturated/α-hetero) is 1. The van der Waals surface area contributed by atoms with Crippen molar-refractivity contribution in [2.75, 3.05) is 4.90 Å². The topological polar surface area (TPSA) is 70.8 Å². The van der Waals surface area contributed by atoms with Crippen LogP contribution in [-0.2, 0) is 9.59 Å². The summed E-state index contributed by atoms with van der Waals surface area (Å²) in [6.45, 7) is 5.42. The largest absolute Gasteiger partial charge is 0.507 e. The van der Waals surface area contributed by atoms with E-state index in [0.717, 1.165) is 34.2 Å². The highest BCUT2D eigenvalue weighted by Gasteiger charge is 2.49. The number of rotatable bonds is 3. The van der Waals surface area contributed by atoms with Crippen molar-refractivity contribution in [1.29, 1.82) is 0 Å². The molecule has 0 bridgehead atoms. The zero-order valence-corrected chi connectivity index (χ0v) is 17.1. The maximum absolute atomic E-state index is 14.6. The first-order valence-corrected chi connectivity index (χ1v) is 9.59. The molecule has 0 radical (unpaired) electrons. The molecule has 1 unspecified atom stereocenters. The first kappa shape index (κ1) is 20.5. The molecule has 2 aromatic carbocycles. The molecule has 5 nitrogen and oxygen atoms in total. The van der Waals surface area contributed by atoms with Crippen LogP contribution in [0, 0.1) is 32.4 Å². The number of anilines is 1. The summed E-state index contributed by atoms with van der Waals surface area (Å²) >= 11 is 0. The Hall–Kier alpha value is -3.74. The van der Waals surface area contributed by atoms with E-state index in [4.69, 9.17) is 4.42 Å². The van der Waals surface area contributed by atoms with Gasteiger partial charge < -0.3 is 9.52 Å². The van der Waals surface area contributed by atoms with E-state index >= 15 is 0 Å². The molecule has 3 aromatic rings. The average molecular weight is 423 g/mol. The molecule has 1 amide bonds. The van der Waals surface area contributed by atoms with Gasteiger partial charge in [0.05, 0.1) is 11.3 Å². The monoisotopic (exact) mass is 423 g/mol. The van der Waals surface area contributed by atoms with Gasteiger partial charge in [-0.3, -0.25) is 14.5 Å². The fraction of sp³-hybridized carbons (Fsp3) is 0.167. The predicted molar refractivity (Wildman–Crippen MR) is 111 cm³/mol. The van der Waals surface area contributed by atoms with Crippen LogP contribution in [0.25, 0.3) is 5.76 Å². The maximum atomic E-state index is 14.6. The number of hydrogen-bond acceptors (Lipinski definition) is 4. The van der Waals surface area contributed by atoms with Crippen molar-refractivity contribution in [3.63, 3.8) is 0 Å². The average Bonchev–Trinajstić information content (AvgIpc) is 3.27. The first-order chi connectivity index (χ1) is 14.7. The minimum absolute atomic E-state index is 0.144. The Balaban J connectivity index is 1.98. The second-order valence-electron chi connectivity index (χ2n) is 7.51. The van der Waals surface area contributed by atoms with Crippen molar-refractivity contribution in [3.8, 4) is 0 Å². The van der Waals surface area contributed by atoms with Crippen molar-refractivity contribution in [1.82, 2.24) is 0 Å². The highest BCUT2D eigenvalue weighted by atomic mass is 19.1. The lowest BCUT2D eigenvalue weighted by Gasteiger charge is -2.24. The summed E-state index contributed by atoms with van der Waals surface area (Å²) in [7, 11) is 0. The van der Waals surface area contributed by atoms with Crippen LogP contribution in [0.3, 0.4) is 0 Å². The quantitative estimate of drug-likeness (QED) is 0.361. The third kappa shape index (κ3) is 3.42. The van der Waals surface area contributed by atoms with Crippen LogP contribution in [-0.4, -0.2) is 16.8 Å².